The topological polar surface area (TPSA) is 45.1 Å². The van der Waals surface area contributed by atoms with Gasteiger partial charge in [0.15, 0.2) is 5.43 Å². The van der Waals surface area contributed by atoms with Gasteiger partial charge >= 0.3 is 0 Å². The van der Waals surface area contributed by atoms with Crippen LogP contribution < -0.4 is 5.43 Å². The first kappa shape index (κ1) is 12.5. The van der Waals surface area contributed by atoms with Crippen molar-refractivity contribution in [3.05, 3.63) is 45.2 Å². The van der Waals surface area contributed by atoms with E-state index < -0.39 is 11.2 Å². The van der Waals surface area contributed by atoms with E-state index in [-0.39, 0.29) is 11.2 Å². The minimum atomic E-state index is -1.02. The molecule has 0 fully saturated rings. The molecule has 0 saturated carbocycles. The number of aromatic nitrogens is 1. The van der Waals surface area contributed by atoms with E-state index >= 15 is 0 Å². The minimum Gasteiger partial charge on any atom is -0.616 e. The molecule has 1 atom stereocenters. The van der Waals surface area contributed by atoms with Gasteiger partial charge in [-0.25, -0.2) is 0 Å². The zero-order valence-electron chi connectivity index (χ0n) is 9.57. The fourth-order valence-electron chi connectivity index (χ4n) is 1.85. The molecule has 2 aromatic rings. The molecule has 0 radical (unpaired) electrons. The van der Waals surface area contributed by atoms with Crippen LogP contribution in [0.4, 0.5) is 0 Å². The summed E-state index contributed by atoms with van der Waals surface area (Å²) < 4.78 is 13.0. The molecule has 90 valence electrons. The van der Waals surface area contributed by atoms with Gasteiger partial charge in [-0.2, -0.15) is 0 Å². The average Bonchev–Trinajstić information content (AvgIpc) is 2.25. The number of benzene rings is 1. The molecule has 1 aromatic heterocycles. The largest absolute Gasteiger partial charge is 0.616 e. The first-order valence-corrected chi connectivity index (χ1v) is 7.17. The van der Waals surface area contributed by atoms with Crippen molar-refractivity contribution in [1.82, 2.24) is 4.57 Å². The molecule has 0 saturated heterocycles. The van der Waals surface area contributed by atoms with Crippen LogP contribution in [-0.4, -0.2) is 15.4 Å². The van der Waals surface area contributed by atoms with Gasteiger partial charge in [-0.15, -0.1) is 0 Å². The van der Waals surface area contributed by atoms with Gasteiger partial charge < -0.3 is 9.12 Å². The van der Waals surface area contributed by atoms with Crippen molar-refractivity contribution in [3.63, 3.8) is 0 Å². The molecule has 0 aliphatic rings. The molecular weight excluding hydrogens is 258 g/mol. The smallest absolute Gasteiger partial charge is 0.197 e. The monoisotopic (exact) mass is 269 g/mol. The highest BCUT2D eigenvalue weighted by Crippen LogP contribution is 2.17. The maximum absolute atomic E-state index is 12.1. The van der Waals surface area contributed by atoms with Crippen LogP contribution in [-0.2, 0) is 24.0 Å². The minimum absolute atomic E-state index is 0.0648. The Morgan fingerprint density at radius 3 is 2.82 bits per heavy atom. The van der Waals surface area contributed by atoms with E-state index in [0.29, 0.717) is 16.0 Å². The molecule has 3 nitrogen and oxygen atoms in total. The Balaban J connectivity index is 2.72. The molecule has 0 aliphatic carbocycles. The summed E-state index contributed by atoms with van der Waals surface area (Å²) >= 11 is 4.88. The average molecular weight is 270 g/mol. The number of halogens is 1. The molecule has 0 bridgehead atoms. The second kappa shape index (κ2) is 4.72. The first-order valence-electron chi connectivity index (χ1n) is 5.07. The van der Waals surface area contributed by atoms with E-state index in [0.717, 1.165) is 5.52 Å². The lowest BCUT2D eigenvalue weighted by Crippen LogP contribution is -2.16. The maximum atomic E-state index is 12.1. The standard InChI is InChI=1S/C12H12ClNO2S/c1-14-6-8(7-17(2)16)12(15)10-4-3-9(13)5-11(10)14/h3-6H,7H2,1-2H3. The Labute approximate surface area is 107 Å². The summed E-state index contributed by atoms with van der Waals surface area (Å²) in [5.41, 5.74) is 1.29. The lowest BCUT2D eigenvalue weighted by Gasteiger charge is -2.10. The quantitative estimate of drug-likeness (QED) is 0.784. The number of nitrogens with zero attached hydrogens (tertiary/aromatic N) is 1. The van der Waals surface area contributed by atoms with Crippen LogP contribution in [0.2, 0.25) is 5.02 Å². The lowest BCUT2D eigenvalue weighted by atomic mass is 10.1. The van der Waals surface area contributed by atoms with Crippen molar-refractivity contribution in [2.24, 2.45) is 7.05 Å². The summed E-state index contributed by atoms with van der Waals surface area (Å²) in [6, 6.07) is 5.16. The highest BCUT2D eigenvalue weighted by atomic mass is 35.5. The molecule has 1 aromatic carbocycles. The number of aryl methyl sites for hydroxylation is 1. The third-order valence-electron chi connectivity index (χ3n) is 2.58. The van der Waals surface area contributed by atoms with Crippen LogP contribution in [0.1, 0.15) is 5.56 Å². The van der Waals surface area contributed by atoms with E-state index in [4.69, 9.17) is 11.6 Å². The molecule has 2 rings (SSSR count). The Hall–Kier alpha value is -0.970. The van der Waals surface area contributed by atoms with Gasteiger partial charge in [0.2, 0.25) is 0 Å². The van der Waals surface area contributed by atoms with E-state index in [1.54, 1.807) is 30.7 Å². The Morgan fingerprint density at radius 1 is 1.47 bits per heavy atom. The summed E-state index contributed by atoms with van der Waals surface area (Å²) in [4.78, 5) is 12.1. The van der Waals surface area contributed by atoms with E-state index in [2.05, 4.69) is 0 Å². The number of rotatable bonds is 2. The maximum Gasteiger partial charge on any atom is 0.197 e. The first-order chi connectivity index (χ1) is 7.99. The summed E-state index contributed by atoms with van der Waals surface area (Å²) in [6.45, 7) is 0. The molecule has 1 unspecified atom stereocenters. The normalized spacial score (nSPS) is 12.9. The third kappa shape index (κ3) is 2.49. The lowest BCUT2D eigenvalue weighted by molar-refractivity contribution is 0.599. The number of pyridine rings is 1. The van der Waals surface area contributed by atoms with E-state index in [1.807, 2.05) is 11.6 Å². The van der Waals surface area contributed by atoms with Gasteiger partial charge in [-0.05, 0) is 18.2 Å². The van der Waals surface area contributed by atoms with Gasteiger partial charge in [-0.3, -0.25) is 4.79 Å². The third-order valence-corrected chi connectivity index (χ3v) is 3.54. The zero-order chi connectivity index (χ0) is 12.6. The molecular formula is C12H12ClNO2S. The highest BCUT2D eigenvalue weighted by Gasteiger charge is 2.11. The van der Waals surface area contributed by atoms with Gasteiger partial charge in [0, 0.05) is 23.7 Å². The molecule has 0 spiro atoms. The summed E-state index contributed by atoms with van der Waals surface area (Å²) in [6.07, 6.45) is 3.31. The van der Waals surface area contributed by atoms with Crippen LogP contribution in [0, 0.1) is 0 Å². The zero-order valence-corrected chi connectivity index (χ0v) is 11.1. The predicted octanol–water partition coefficient (Wildman–Crippen LogP) is 2.07. The number of hydrogen-bond donors (Lipinski definition) is 0. The molecule has 0 aliphatic heterocycles. The van der Waals surface area contributed by atoms with E-state index in [1.165, 1.54) is 0 Å². The van der Waals surface area contributed by atoms with Crippen molar-refractivity contribution in [1.29, 1.82) is 0 Å². The molecule has 0 amide bonds. The van der Waals surface area contributed by atoms with Gasteiger partial charge in [-0.1, -0.05) is 22.8 Å². The van der Waals surface area contributed by atoms with Crippen LogP contribution >= 0.6 is 11.6 Å². The van der Waals surface area contributed by atoms with Gasteiger partial charge in [0.05, 0.1) is 17.3 Å². The molecule has 5 heteroatoms. The summed E-state index contributed by atoms with van der Waals surface area (Å²) in [5, 5.41) is 1.21. The van der Waals surface area contributed by atoms with Crippen LogP contribution in [0.25, 0.3) is 10.9 Å². The fourth-order valence-corrected chi connectivity index (χ4v) is 2.66. The van der Waals surface area contributed by atoms with Crippen molar-refractivity contribution >= 4 is 33.7 Å². The van der Waals surface area contributed by atoms with Crippen LogP contribution in [0.3, 0.4) is 0 Å². The molecule has 17 heavy (non-hydrogen) atoms. The fraction of sp³-hybridized carbons (Fsp3) is 0.250. The van der Waals surface area contributed by atoms with Crippen molar-refractivity contribution in [2.75, 3.05) is 6.26 Å². The Kier molecular flexibility index (Phi) is 3.47. The summed E-state index contributed by atoms with van der Waals surface area (Å²) in [5.74, 6) is 0.283. The molecule has 1 heterocycles. The van der Waals surface area contributed by atoms with E-state index in [9.17, 15) is 9.35 Å². The van der Waals surface area contributed by atoms with Crippen molar-refractivity contribution in [3.8, 4) is 0 Å². The Morgan fingerprint density at radius 2 is 2.18 bits per heavy atom. The second-order valence-electron chi connectivity index (χ2n) is 3.97. The second-order valence-corrected chi connectivity index (χ2v) is 5.84. The van der Waals surface area contributed by atoms with Crippen molar-refractivity contribution in [2.45, 2.75) is 5.75 Å². The van der Waals surface area contributed by atoms with Gasteiger partial charge in [0.25, 0.3) is 0 Å². The number of fused-ring (bicyclic) bond motifs is 1. The van der Waals surface area contributed by atoms with Crippen molar-refractivity contribution < 1.29 is 4.55 Å². The highest BCUT2D eigenvalue weighted by molar-refractivity contribution is 7.89. The SMILES string of the molecule is Cn1cc(C[S+](C)[O-])c(=O)c2ccc(Cl)cc21. The van der Waals surface area contributed by atoms with Crippen LogP contribution in [0.15, 0.2) is 29.2 Å². The summed E-state index contributed by atoms with van der Waals surface area (Å²) in [7, 11) is 1.85. The van der Waals surface area contributed by atoms with Crippen LogP contribution in [0.5, 0.6) is 0 Å². The molecule has 0 N–H and O–H groups in total. The Bertz CT molecular complexity index is 622. The van der Waals surface area contributed by atoms with Gasteiger partial charge in [0.1, 0.15) is 5.75 Å². The number of hydrogen-bond acceptors (Lipinski definition) is 2. The predicted molar refractivity (Wildman–Crippen MR) is 72.0 cm³/mol.